The van der Waals surface area contributed by atoms with Gasteiger partial charge in [0.05, 0.1) is 17.4 Å². The second kappa shape index (κ2) is 12.1. The predicted octanol–water partition coefficient (Wildman–Crippen LogP) is 6.41. The van der Waals surface area contributed by atoms with E-state index in [1.807, 2.05) is 48.2 Å². The highest BCUT2D eigenvalue weighted by Crippen LogP contribution is 2.49. The topological polar surface area (TPSA) is 21.7 Å². The zero-order valence-corrected chi connectivity index (χ0v) is 19.7. The monoisotopic (exact) mass is 447 g/mol. The summed E-state index contributed by atoms with van der Waals surface area (Å²) in [5, 5.41) is 0.430. The standard InChI is InChI=1S/C20H16OS.C8H17NO/c1-3-9-15(10-4-1)20-19(21-16-11-5-2-6-12-16)17-13-7-8-14-18(17)22-20;1-10-8-7-9-5-3-2-4-6-9/h1-14,17-18H;2-8H2,1H3. The van der Waals surface area contributed by atoms with E-state index in [-0.39, 0.29) is 0 Å². The van der Waals surface area contributed by atoms with Crippen LogP contribution in [0.25, 0.3) is 4.91 Å². The van der Waals surface area contributed by atoms with Crippen LogP contribution in [0.3, 0.4) is 0 Å². The lowest BCUT2D eigenvalue weighted by molar-refractivity contribution is 0.135. The molecule has 2 aliphatic heterocycles. The summed E-state index contributed by atoms with van der Waals surface area (Å²) in [6.45, 7) is 4.57. The van der Waals surface area contributed by atoms with E-state index in [2.05, 4.69) is 53.5 Å². The molecule has 0 radical (unpaired) electrons. The summed E-state index contributed by atoms with van der Waals surface area (Å²) in [5.41, 5.74) is 1.23. The molecule has 2 heterocycles. The largest absolute Gasteiger partial charge is 0.460 e. The van der Waals surface area contributed by atoms with Crippen LogP contribution in [0.2, 0.25) is 0 Å². The van der Waals surface area contributed by atoms with E-state index in [0.717, 1.165) is 24.7 Å². The molecule has 2 aromatic rings. The van der Waals surface area contributed by atoms with Crippen LogP contribution >= 0.6 is 11.8 Å². The fourth-order valence-corrected chi connectivity index (χ4v) is 5.58. The fraction of sp³-hybridized carbons (Fsp3) is 0.357. The molecule has 2 unspecified atom stereocenters. The van der Waals surface area contributed by atoms with Crippen molar-refractivity contribution in [3.05, 3.63) is 96.3 Å². The van der Waals surface area contributed by atoms with Gasteiger partial charge in [0.1, 0.15) is 11.5 Å². The van der Waals surface area contributed by atoms with Crippen molar-refractivity contribution in [3.8, 4) is 5.75 Å². The Morgan fingerprint density at radius 1 is 0.875 bits per heavy atom. The molecular formula is C28H33NO2S. The smallest absolute Gasteiger partial charge is 0.127 e. The van der Waals surface area contributed by atoms with Crippen LogP contribution in [0, 0.1) is 5.92 Å². The molecule has 32 heavy (non-hydrogen) atoms. The molecule has 3 aliphatic rings. The molecule has 4 heteroatoms. The number of piperidine rings is 1. The number of rotatable bonds is 6. The van der Waals surface area contributed by atoms with Gasteiger partial charge in [0.25, 0.3) is 0 Å². The summed E-state index contributed by atoms with van der Waals surface area (Å²) in [7, 11) is 1.77. The zero-order chi connectivity index (χ0) is 22.0. The Morgan fingerprint density at radius 3 is 2.28 bits per heavy atom. The fourth-order valence-electron chi connectivity index (χ4n) is 4.21. The number of benzene rings is 2. The van der Waals surface area contributed by atoms with E-state index in [4.69, 9.17) is 9.47 Å². The highest BCUT2D eigenvalue weighted by atomic mass is 32.2. The quantitative estimate of drug-likeness (QED) is 0.510. The van der Waals surface area contributed by atoms with Crippen LogP contribution in [0.4, 0.5) is 0 Å². The third-order valence-electron chi connectivity index (χ3n) is 5.93. The maximum absolute atomic E-state index is 6.29. The van der Waals surface area contributed by atoms with Gasteiger partial charge in [-0.3, -0.25) is 0 Å². The lowest BCUT2D eigenvalue weighted by Gasteiger charge is -2.25. The lowest BCUT2D eigenvalue weighted by atomic mass is 9.97. The summed E-state index contributed by atoms with van der Waals surface area (Å²) in [5.74, 6) is 2.27. The van der Waals surface area contributed by atoms with Gasteiger partial charge >= 0.3 is 0 Å². The minimum absolute atomic E-state index is 0.311. The average Bonchev–Trinajstić information content (AvgIpc) is 3.23. The lowest BCUT2D eigenvalue weighted by Crippen LogP contribution is -2.32. The van der Waals surface area contributed by atoms with Crippen molar-refractivity contribution in [3.63, 3.8) is 0 Å². The van der Waals surface area contributed by atoms with Gasteiger partial charge in [0.15, 0.2) is 0 Å². The van der Waals surface area contributed by atoms with Gasteiger partial charge in [-0.15, -0.1) is 11.8 Å². The van der Waals surface area contributed by atoms with Crippen molar-refractivity contribution in [1.82, 2.24) is 4.90 Å². The Kier molecular flexibility index (Phi) is 8.66. The molecule has 3 nitrogen and oxygen atoms in total. The van der Waals surface area contributed by atoms with Crippen LogP contribution in [-0.4, -0.2) is 43.5 Å². The summed E-state index contributed by atoms with van der Waals surface area (Å²) >= 11 is 1.89. The number of nitrogens with zero attached hydrogens (tertiary/aromatic N) is 1. The number of hydrogen-bond donors (Lipinski definition) is 0. The van der Waals surface area contributed by atoms with Gasteiger partial charge in [-0.1, -0.05) is 79.3 Å². The van der Waals surface area contributed by atoms with Gasteiger partial charge in [0, 0.05) is 18.9 Å². The van der Waals surface area contributed by atoms with E-state index in [9.17, 15) is 0 Å². The van der Waals surface area contributed by atoms with Crippen molar-refractivity contribution >= 4 is 16.7 Å². The second-order valence-electron chi connectivity index (χ2n) is 8.25. The molecule has 1 saturated heterocycles. The minimum Gasteiger partial charge on any atom is -0.460 e. The van der Waals surface area contributed by atoms with Crippen molar-refractivity contribution in [2.24, 2.45) is 5.92 Å². The molecule has 0 spiro atoms. The minimum atomic E-state index is 0.311. The summed E-state index contributed by atoms with van der Waals surface area (Å²) < 4.78 is 11.3. The van der Waals surface area contributed by atoms with Crippen LogP contribution in [-0.2, 0) is 4.74 Å². The second-order valence-corrected chi connectivity index (χ2v) is 9.44. The van der Waals surface area contributed by atoms with Crippen molar-refractivity contribution in [2.75, 3.05) is 33.4 Å². The molecular weight excluding hydrogens is 414 g/mol. The Labute approximate surface area is 196 Å². The number of allylic oxidation sites excluding steroid dienone is 3. The van der Waals surface area contributed by atoms with Gasteiger partial charge in [-0.05, 0) is 43.6 Å². The highest BCUT2D eigenvalue weighted by Gasteiger charge is 2.36. The predicted molar refractivity (Wildman–Crippen MR) is 136 cm³/mol. The summed E-state index contributed by atoms with van der Waals surface area (Å²) in [4.78, 5) is 3.73. The average molecular weight is 448 g/mol. The Bertz CT molecular complexity index is 917. The number of methoxy groups -OCH3 is 1. The first kappa shape index (κ1) is 22.9. The Morgan fingerprint density at radius 2 is 1.56 bits per heavy atom. The number of ether oxygens (including phenoxy) is 2. The van der Waals surface area contributed by atoms with Gasteiger partial charge in [-0.25, -0.2) is 0 Å². The summed E-state index contributed by atoms with van der Waals surface area (Å²) in [6, 6.07) is 20.6. The Balaban J connectivity index is 0.000000207. The molecule has 5 rings (SSSR count). The molecule has 0 bridgehead atoms. The number of fused-ring (bicyclic) bond motifs is 1. The third kappa shape index (κ3) is 6.16. The summed E-state index contributed by atoms with van der Waals surface area (Å²) in [6.07, 6.45) is 12.9. The van der Waals surface area contributed by atoms with E-state index in [0.29, 0.717) is 11.2 Å². The van der Waals surface area contributed by atoms with Crippen molar-refractivity contribution in [1.29, 1.82) is 0 Å². The first-order valence-corrected chi connectivity index (χ1v) is 12.5. The van der Waals surface area contributed by atoms with Crippen LogP contribution in [0.5, 0.6) is 5.75 Å². The van der Waals surface area contributed by atoms with E-state index >= 15 is 0 Å². The molecule has 1 aliphatic carbocycles. The van der Waals surface area contributed by atoms with Gasteiger partial charge < -0.3 is 14.4 Å². The van der Waals surface area contributed by atoms with Crippen LogP contribution in [0.15, 0.2) is 90.7 Å². The van der Waals surface area contributed by atoms with E-state index in [1.54, 1.807) is 7.11 Å². The third-order valence-corrected chi connectivity index (χ3v) is 7.33. The normalized spacial score (nSPS) is 22.3. The van der Waals surface area contributed by atoms with Crippen LogP contribution in [0.1, 0.15) is 24.8 Å². The Hall–Kier alpha value is -2.27. The molecule has 0 N–H and O–H groups in total. The maximum atomic E-state index is 6.29. The molecule has 168 valence electrons. The van der Waals surface area contributed by atoms with Gasteiger partial charge in [0.2, 0.25) is 0 Å². The molecule has 0 amide bonds. The first-order chi connectivity index (χ1) is 15.8. The number of thioether (sulfide) groups is 1. The number of hydrogen-bond acceptors (Lipinski definition) is 4. The molecule has 2 aromatic carbocycles. The maximum Gasteiger partial charge on any atom is 0.127 e. The van der Waals surface area contributed by atoms with Crippen molar-refractivity contribution in [2.45, 2.75) is 24.5 Å². The van der Waals surface area contributed by atoms with E-state index in [1.165, 1.54) is 42.8 Å². The van der Waals surface area contributed by atoms with Crippen molar-refractivity contribution < 1.29 is 9.47 Å². The van der Waals surface area contributed by atoms with E-state index < -0.39 is 0 Å². The highest BCUT2D eigenvalue weighted by molar-refractivity contribution is 8.09. The van der Waals surface area contributed by atoms with Crippen LogP contribution < -0.4 is 4.74 Å². The molecule has 0 aromatic heterocycles. The zero-order valence-electron chi connectivity index (χ0n) is 18.9. The van der Waals surface area contributed by atoms with Gasteiger partial charge in [-0.2, -0.15) is 0 Å². The molecule has 2 atom stereocenters. The SMILES string of the molecule is C1=CC2SC(c3ccccc3)=C(Oc3ccccc3)C2C=C1.COCCN1CCCCC1. The first-order valence-electron chi connectivity index (χ1n) is 11.6. The molecule has 1 fully saturated rings. The number of para-hydroxylation sites is 1. The molecule has 0 saturated carbocycles. The number of likely N-dealkylation sites (tertiary alicyclic amines) is 1.